The van der Waals surface area contributed by atoms with Gasteiger partial charge in [-0.3, -0.25) is 0 Å². The monoisotopic (exact) mass is 318 g/mol. The van der Waals surface area contributed by atoms with E-state index in [4.69, 9.17) is 4.74 Å². The normalized spacial score (nSPS) is 10.3. The number of aromatic nitrogens is 1. The summed E-state index contributed by atoms with van der Waals surface area (Å²) in [5.41, 5.74) is 2.49. The zero-order chi connectivity index (χ0) is 16.5. The second-order valence-corrected chi connectivity index (χ2v) is 5.61. The molecule has 0 radical (unpaired) electrons. The van der Waals surface area contributed by atoms with E-state index in [2.05, 4.69) is 40.6 Å². The van der Waals surface area contributed by atoms with E-state index < -0.39 is 0 Å². The van der Waals surface area contributed by atoms with Crippen LogP contribution in [0.25, 0.3) is 0 Å². The number of nitrogens with zero attached hydrogens (tertiary/aromatic N) is 1. The van der Waals surface area contributed by atoms with Gasteiger partial charge in [0.05, 0.1) is 6.61 Å². The number of hydrogen-bond donors (Lipinski definition) is 1. The summed E-state index contributed by atoms with van der Waals surface area (Å²) in [5.74, 6) is 1.81. The lowest BCUT2D eigenvalue weighted by molar-refractivity contribution is 0.308. The van der Waals surface area contributed by atoms with E-state index in [1.165, 1.54) is 5.56 Å². The highest BCUT2D eigenvalue weighted by Gasteiger charge is 2.03. The fourth-order valence-electron chi connectivity index (χ4n) is 2.55. The first-order valence-corrected chi connectivity index (χ1v) is 8.31. The van der Waals surface area contributed by atoms with Crippen molar-refractivity contribution in [3.63, 3.8) is 0 Å². The minimum atomic E-state index is 0.700. The topological polar surface area (TPSA) is 34.1 Å². The van der Waals surface area contributed by atoms with Crippen LogP contribution >= 0.6 is 0 Å². The molecule has 0 unspecified atom stereocenters. The molecule has 0 atom stereocenters. The molecule has 0 aliphatic heterocycles. The van der Waals surface area contributed by atoms with Crippen molar-refractivity contribution in [1.82, 2.24) is 4.98 Å². The van der Waals surface area contributed by atoms with Gasteiger partial charge in [0.2, 0.25) is 0 Å². The van der Waals surface area contributed by atoms with Crippen LogP contribution in [-0.4, -0.2) is 11.6 Å². The Morgan fingerprint density at radius 3 is 2.46 bits per heavy atom. The molecule has 0 aliphatic carbocycles. The third kappa shape index (κ3) is 4.85. The van der Waals surface area contributed by atoms with Crippen LogP contribution in [-0.2, 0) is 13.0 Å². The van der Waals surface area contributed by atoms with Gasteiger partial charge in [-0.1, -0.05) is 54.6 Å². The van der Waals surface area contributed by atoms with Crippen molar-refractivity contribution in [3.8, 4) is 5.75 Å². The highest BCUT2D eigenvalue weighted by atomic mass is 16.5. The molecule has 24 heavy (non-hydrogen) atoms. The third-order valence-electron chi connectivity index (χ3n) is 3.81. The lowest BCUT2D eigenvalue weighted by Crippen LogP contribution is -2.05. The minimum absolute atomic E-state index is 0.700. The van der Waals surface area contributed by atoms with Gasteiger partial charge in [0.25, 0.3) is 0 Å². The average molecular weight is 318 g/mol. The standard InChI is InChI=1S/C21H22N2O/c1-2-9-18(10-3-1)11-8-16-24-20-13-5-4-12-19(20)17-23-21-14-6-7-15-22-21/h1-7,9-10,12-15H,8,11,16-17H2,(H,22,23). The lowest BCUT2D eigenvalue weighted by atomic mass is 10.1. The van der Waals surface area contributed by atoms with Gasteiger partial charge in [0.1, 0.15) is 11.6 Å². The van der Waals surface area contributed by atoms with Crippen molar-refractivity contribution in [2.45, 2.75) is 19.4 Å². The van der Waals surface area contributed by atoms with Crippen LogP contribution in [0.2, 0.25) is 0 Å². The highest BCUT2D eigenvalue weighted by Crippen LogP contribution is 2.19. The minimum Gasteiger partial charge on any atom is -0.493 e. The van der Waals surface area contributed by atoms with Crippen molar-refractivity contribution in [2.24, 2.45) is 0 Å². The van der Waals surface area contributed by atoms with Crippen molar-refractivity contribution >= 4 is 5.82 Å². The van der Waals surface area contributed by atoms with Gasteiger partial charge in [0.15, 0.2) is 0 Å². The molecule has 0 bridgehead atoms. The lowest BCUT2D eigenvalue weighted by Gasteiger charge is -2.12. The predicted molar refractivity (Wildman–Crippen MR) is 98.3 cm³/mol. The van der Waals surface area contributed by atoms with Gasteiger partial charge in [-0.15, -0.1) is 0 Å². The molecule has 122 valence electrons. The summed E-state index contributed by atoms with van der Waals surface area (Å²) in [6.45, 7) is 1.42. The fourth-order valence-corrected chi connectivity index (χ4v) is 2.55. The summed E-state index contributed by atoms with van der Waals surface area (Å²) in [4.78, 5) is 4.28. The van der Waals surface area contributed by atoms with E-state index in [0.29, 0.717) is 6.54 Å². The summed E-state index contributed by atoms with van der Waals surface area (Å²) in [7, 11) is 0. The molecule has 3 aromatic rings. The highest BCUT2D eigenvalue weighted by molar-refractivity contribution is 5.39. The van der Waals surface area contributed by atoms with Gasteiger partial charge < -0.3 is 10.1 Å². The Bertz CT molecular complexity index is 729. The largest absolute Gasteiger partial charge is 0.493 e. The van der Waals surface area contributed by atoms with Crippen LogP contribution < -0.4 is 10.1 Å². The van der Waals surface area contributed by atoms with Crippen LogP contribution in [0, 0.1) is 0 Å². The van der Waals surface area contributed by atoms with Crippen molar-refractivity contribution in [3.05, 3.63) is 90.1 Å². The van der Waals surface area contributed by atoms with Crippen LogP contribution in [0.3, 0.4) is 0 Å². The number of hydrogen-bond acceptors (Lipinski definition) is 3. The molecule has 0 saturated carbocycles. The zero-order valence-electron chi connectivity index (χ0n) is 13.7. The molecule has 0 aliphatic rings. The van der Waals surface area contributed by atoms with Crippen LogP contribution in [0.4, 0.5) is 5.82 Å². The second kappa shape index (κ2) is 8.73. The number of rotatable bonds is 8. The number of benzene rings is 2. The third-order valence-corrected chi connectivity index (χ3v) is 3.81. The van der Waals surface area contributed by atoms with E-state index in [1.54, 1.807) is 6.20 Å². The fraction of sp³-hybridized carbons (Fsp3) is 0.190. The Morgan fingerprint density at radius 2 is 1.62 bits per heavy atom. The molecule has 2 aromatic carbocycles. The maximum Gasteiger partial charge on any atom is 0.126 e. The zero-order valence-corrected chi connectivity index (χ0v) is 13.7. The van der Waals surface area contributed by atoms with E-state index in [1.807, 2.05) is 42.5 Å². The van der Waals surface area contributed by atoms with E-state index in [0.717, 1.165) is 36.6 Å². The number of ether oxygens (including phenoxy) is 1. The molecule has 0 saturated heterocycles. The first kappa shape index (κ1) is 16.1. The molecule has 1 heterocycles. The van der Waals surface area contributed by atoms with E-state index in [-0.39, 0.29) is 0 Å². The summed E-state index contributed by atoms with van der Waals surface area (Å²) in [6, 6.07) is 24.5. The summed E-state index contributed by atoms with van der Waals surface area (Å²) in [6.07, 6.45) is 3.83. The Balaban J connectivity index is 1.50. The maximum absolute atomic E-state index is 5.99. The van der Waals surface area contributed by atoms with Gasteiger partial charge in [0, 0.05) is 18.3 Å². The molecule has 0 fully saturated rings. The van der Waals surface area contributed by atoms with Gasteiger partial charge in [-0.05, 0) is 36.6 Å². The Hall–Kier alpha value is -2.81. The van der Waals surface area contributed by atoms with Crippen LogP contribution in [0.15, 0.2) is 79.0 Å². The molecule has 3 heteroatoms. The summed E-state index contributed by atoms with van der Waals surface area (Å²) >= 11 is 0. The predicted octanol–water partition coefficient (Wildman–Crippen LogP) is 4.71. The maximum atomic E-state index is 5.99. The van der Waals surface area contributed by atoms with Crippen molar-refractivity contribution < 1.29 is 4.74 Å². The molecular formula is C21H22N2O. The van der Waals surface area contributed by atoms with Crippen molar-refractivity contribution in [1.29, 1.82) is 0 Å². The molecule has 0 spiro atoms. The SMILES string of the molecule is c1ccc(CCCOc2ccccc2CNc2ccccn2)cc1. The van der Waals surface area contributed by atoms with Gasteiger partial charge in [-0.2, -0.15) is 0 Å². The van der Waals surface area contributed by atoms with Gasteiger partial charge in [-0.25, -0.2) is 4.98 Å². The Labute approximate surface area is 143 Å². The smallest absolute Gasteiger partial charge is 0.126 e. The number of pyridine rings is 1. The quantitative estimate of drug-likeness (QED) is 0.611. The van der Waals surface area contributed by atoms with Crippen LogP contribution in [0.1, 0.15) is 17.5 Å². The first-order chi connectivity index (χ1) is 11.9. The van der Waals surface area contributed by atoms with Crippen LogP contribution in [0.5, 0.6) is 5.75 Å². The Kier molecular flexibility index (Phi) is 5.84. The number of nitrogens with one attached hydrogen (secondary N) is 1. The molecule has 1 N–H and O–H groups in total. The molecule has 3 nitrogen and oxygen atoms in total. The second-order valence-electron chi connectivity index (χ2n) is 5.61. The number of aryl methyl sites for hydroxylation is 1. The molecule has 0 amide bonds. The first-order valence-electron chi connectivity index (χ1n) is 8.31. The molecule has 3 rings (SSSR count). The summed E-state index contributed by atoms with van der Waals surface area (Å²) in [5, 5.41) is 3.33. The number of para-hydroxylation sites is 1. The van der Waals surface area contributed by atoms with E-state index >= 15 is 0 Å². The van der Waals surface area contributed by atoms with Crippen molar-refractivity contribution in [2.75, 3.05) is 11.9 Å². The molecular weight excluding hydrogens is 296 g/mol. The van der Waals surface area contributed by atoms with Gasteiger partial charge >= 0.3 is 0 Å². The molecule has 1 aromatic heterocycles. The average Bonchev–Trinajstić information content (AvgIpc) is 2.66. The number of anilines is 1. The summed E-state index contributed by atoms with van der Waals surface area (Å²) < 4.78 is 5.99. The Morgan fingerprint density at radius 1 is 0.833 bits per heavy atom. The van der Waals surface area contributed by atoms with E-state index in [9.17, 15) is 0 Å².